The van der Waals surface area contributed by atoms with Gasteiger partial charge >= 0.3 is 11.9 Å². The third kappa shape index (κ3) is 10.6. The Kier molecular flexibility index (Phi) is 13.6. The van der Waals surface area contributed by atoms with E-state index in [1.807, 2.05) is 30.3 Å². The molecule has 0 spiro atoms. The van der Waals surface area contributed by atoms with Crippen LogP contribution in [0.2, 0.25) is 0 Å². The molecular formula is C35H40NO9P. The van der Waals surface area contributed by atoms with Gasteiger partial charge in [-0.25, -0.2) is 0 Å². The number of ketones is 2. The highest BCUT2D eigenvalue weighted by molar-refractivity contribution is 7.74. The normalized spacial score (nSPS) is 13.3. The maximum atomic E-state index is 14.1. The molecule has 3 atom stereocenters. The molecule has 0 saturated carbocycles. The monoisotopic (exact) mass is 649 g/mol. The Bertz CT molecular complexity index is 1480. The number of aliphatic carboxylic acids is 1. The topological polar surface area (TPSA) is 153 Å². The summed E-state index contributed by atoms with van der Waals surface area (Å²) in [5.41, 5.74) is 0.805. The number of rotatable bonds is 18. The first kappa shape index (κ1) is 36.1. The molecule has 3 aromatic carbocycles. The van der Waals surface area contributed by atoms with Gasteiger partial charge in [0.05, 0.1) is 24.8 Å². The minimum Gasteiger partial charge on any atom is -0.481 e. The third-order valence-electron chi connectivity index (χ3n) is 7.52. The van der Waals surface area contributed by atoms with Gasteiger partial charge in [-0.2, -0.15) is 0 Å². The highest BCUT2D eigenvalue weighted by Gasteiger charge is 2.34. The molecule has 0 aromatic heterocycles. The number of esters is 1. The van der Waals surface area contributed by atoms with Crippen LogP contribution in [0, 0.1) is 17.8 Å². The number of hydrogen-bond acceptors (Lipinski definition) is 8. The standard InChI is InChI=1S/C35H40NO9P/c1-24(2)30(21-34(41)44-22-26-13-7-4-8-14-26)35(42)36-25(3)31(37)19-27(20-33(39)40)32(38)23-45-46(43,28-15-9-5-10-16-28)29-17-11-6-12-18-29/h4-18,24-25,27,30H,19-23H2,1-3H3,(H,36,42)(H,39,40)/t25-,27-,30-/m0/s1. The van der Waals surface area contributed by atoms with Crippen LogP contribution in [0.1, 0.15) is 45.6 Å². The number of hydrogen-bond donors (Lipinski definition) is 2. The Hall–Kier alpha value is -4.40. The second kappa shape index (κ2) is 17.3. The minimum atomic E-state index is -3.73. The van der Waals surface area contributed by atoms with Gasteiger partial charge in [-0.15, -0.1) is 0 Å². The summed E-state index contributed by atoms with van der Waals surface area (Å²) >= 11 is 0. The fourth-order valence-electron chi connectivity index (χ4n) is 4.76. The van der Waals surface area contributed by atoms with Crippen molar-refractivity contribution in [3.05, 3.63) is 96.6 Å². The molecular weight excluding hydrogens is 609 g/mol. The van der Waals surface area contributed by atoms with E-state index in [0.29, 0.717) is 10.6 Å². The van der Waals surface area contributed by atoms with Crippen LogP contribution in [0.15, 0.2) is 91.0 Å². The summed E-state index contributed by atoms with van der Waals surface area (Å²) in [7, 11) is -3.73. The van der Waals surface area contributed by atoms with Crippen LogP contribution >= 0.6 is 7.37 Å². The zero-order chi connectivity index (χ0) is 33.7. The van der Waals surface area contributed by atoms with E-state index in [-0.39, 0.29) is 18.9 Å². The van der Waals surface area contributed by atoms with Gasteiger partial charge < -0.3 is 19.7 Å². The third-order valence-corrected chi connectivity index (χ3v) is 9.97. The molecule has 0 unspecified atom stereocenters. The van der Waals surface area contributed by atoms with Crippen molar-refractivity contribution < 1.29 is 42.9 Å². The minimum absolute atomic E-state index is 0.0653. The van der Waals surface area contributed by atoms with Crippen LogP contribution in [0.5, 0.6) is 0 Å². The number of ether oxygens (including phenoxy) is 1. The number of Topliss-reactive ketones (excluding diaryl/α,β-unsaturated/α-hetero) is 2. The Labute approximate surface area is 269 Å². The molecule has 0 fully saturated rings. The molecule has 11 heteroatoms. The van der Waals surface area contributed by atoms with Crippen molar-refractivity contribution in [2.45, 2.75) is 52.7 Å². The van der Waals surface area contributed by atoms with Gasteiger partial charge in [0.25, 0.3) is 7.37 Å². The molecule has 0 saturated heterocycles. The van der Waals surface area contributed by atoms with Gasteiger partial charge in [0, 0.05) is 22.9 Å². The number of carbonyl (C=O) groups is 5. The van der Waals surface area contributed by atoms with E-state index in [1.165, 1.54) is 6.92 Å². The van der Waals surface area contributed by atoms with E-state index in [9.17, 15) is 33.6 Å². The van der Waals surface area contributed by atoms with E-state index in [0.717, 1.165) is 5.56 Å². The van der Waals surface area contributed by atoms with Gasteiger partial charge in [0.15, 0.2) is 11.6 Å². The second-order valence-electron chi connectivity index (χ2n) is 11.4. The van der Waals surface area contributed by atoms with Crippen molar-refractivity contribution in [1.82, 2.24) is 5.32 Å². The molecule has 3 rings (SSSR count). The maximum absolute atomic E-state index is 14.1. The second-order valence-corrected chi connectivity index (χ2v) is 13.8. The van der Waals surface area contributed by atoms with Crippen molar-refractivity contribution in [3.63, 3.8) is 0 Å². The molecule has 0 radical (unpaired) electrons. The zero-order valence-electron chi connectivity index (χ0n) is 26.2. The van der Waals surface area contributed by atoms with Crippen molar-refractivity contribution >= 4 is 47.4 Å². The first-order valence-electron chi connectivity index (χ1n) is 15.0. The van der Waals surface area contributed by atoms with Gasteiger partial charge in [-0.3, -0.25) is 28.5 Å². The number of amides is 1. The molecule has 46 heavy (non-hydrogen) atoms. The Morgan fingerprint density at radius 1 is 0.739 bits per heavy atom. The van der Waals surface area contributed by atoms with Crippen LogP contribution in [-0.4, -0.2) is 47.2 Å². The van der Waals surface area contributed by atoms with Gasteiger partial charge in [0.2, 0.25) is 5.91 Å². The van der Waals surface area contributed by atoms with E-state index < -0.39 is 74.1 Å². The number of carbonyl (C=O) groups excluding carboxylic acids is 4. The summed E-state index contributed by atoms with van der Waals surface area (Å²) in [6.07, 6.45) is -1.34. The van der Waals surface area contributed by atoms with Crippen LogP contribution in [0.3, 0.4) is 0 Å². The Morgan fingerprint density at radius 2 is 1.26 bits per heavy atom. The number of carboxylic acids is 1. The molecule has 1 amide bonds. The van der Waals surface area contributed by atoms with Crippen LogP contribution in [-0.2, 0) is 44.4 Å². The number of carboxylic acid groups (broad SMARTS) is 1. The SMILES string of the molecule is CC(C)[C@H](CC(=O)OCc1ccccc1)C(=O)N[C@@H](C)C(=O)C[C@@H](CC(=O)O)C(=O)COP(=O)(c1ccccc1)c1ccccc1. The van der Waals surface area contributed by atoms with Crippen molar-refractivity contribution in [2.24, 2.45) is 17.8 Å². The van der Waals surface area contributed by atoms with Crippen molar-refractivity contribution in [2.75, 3.05) is 6.61 Å². The van der Waals surface area contributed by atoms with Crippen molar-refractivity contribution in [1.29, 1.82) is 0 Å². The lowest BCUT2D eigenvalue weighted by Crippen LogP contribution is -2.44. The molecule has 244 valence electrons. The molecule has 10 nitrogen and oxygen atoms in total. The average Bonchev–Trinajstić information content (AvgIpc) is 3.05. The van der Waals surface area contributed by atoms with Crippen molar-refractivity contribution in [3.8, 4) is 0 Å². The summed E-state index contributed by atoms with van der Waals surface area (Å²) < 4.78 is 25.2. The smallest absolute Gasteiger partial charge is 0.306 e. The summed E-state index contributed by atoms with van der Waals surface area (Å²) in [4.78, 5) is 63.6. The molecule has 0 aliphatic heterocycles. The number of nitrogens with one attached hydrogen (secondary N) is 1. The highest BCUT2D eigenvalue weighted by Crippen LogP contribution is 2.44. The summed E-state index contributed by atoms with van der Waals surface area (Å²) in [6.45, 7) is 4.35. The van der Waals surface area contributed by atoms with E-state index in [4.69, 9.17) is 9.26 Å². The maximum Gasteiger partial charge on any atom is 0.306 e. The van der Waals surface area contributed by atoms with Gasteiger partial charge in [-0.05, 0) is 42.7 Å². The molecule has 0 heterocycles. The van der Waals surface area contributed by atoms with E-state index in [2.05, 4.69) is 5.32 Å². The summed E-state index contributed by atoms with van der Waals surface area (Å²) in [6, 6.07) is 24.8. The van der Waals surface area contributed by atoms with E-state index >= 15 is 0 Å². The lowest BCUT2D eigenvalue weighted by molar-refractivity contribution is -0.149. The predicted octanol–water partition coefficient (Wildman–Crippen LogP) is 4.46. The van der Waals surface area contributed by atoms with Crippen LogP contribution in [0.4, 0.5) is 0 Å². The predicted molar refractivity (Wildman–Crippen MR) is 173 cm³/mol. The first-order chi connectivity index (χ1) is 21.9. The molecule has 0 aliphatic rings. The Balaban J connectivity index is 1.64. The number of benzene rings is 3. The zero-order valence-corrected chi connectivity index (χ0v) is 27.1. The lowest BCUT2D eigenvalue weighted by Gasteiger charge is -2.23. The first-order valence-corrected chi connectivity index (χ1v) is 16.7. The van der Waals surface area contributed by atoms with E-state index in [1.54, 1.807) is 74.5 Å². The van der Waals surface area contributed by atoms with Crippen LogP contribution < -0.4 is 15.9 Å². The molecule has 0 aliphatic carbocycles. The average molecular weight is 650 g/mol. The molecule has 2 N–H and O–H groups in total. The summed E-state index contributed by atoms with van der Waals surface area (Å²) in [5, 5.41) is 12.8. The highest BCUT2D eigenvalue weighted by atomic mass is 31.2. The van der Waals surface area contributed by atoms with Gasteiger partial charge in [0.1, 0.15) is 13.2 Å². The fourth-order valence-corrected chi connectivity index (χ4v) is 6.79. The fraction of sp³-hybridized carbons (Fsp3) is 0.343. The largest absolute Gasteiger partial charge is 0.481 e. The summed E-state index contributed by atoms with van der Waals surface area (Å²) in [5.74, 6) is -6.00. The quantitative estimate of drug-likeness (QED) is 0.150. The van der Waals surface area contributed by atoms with Crippen LogP contribution in [0.25, 0.3) is 0 Å². The molecule has 0 bridgehead atoms. The Morgan fingerprint density at radius 3 is 1.76 bits per heavy atom. The molecule has 3 aromatic rings. The van der Waals surface area contributed by atoms with Gasteiger partial charge in [-0.1, -0.05) is 80.6 Å². The lowest BCUT2D eigenvalue weighted by atomic mass is 9.90.